The molecule has 0 aliphatic carbocycles. The van der Waals surface area contributed by atoms with Gasteiger partial charge in [-0.1, -0.05) is 11.6 Å². The minimum atomic E-state index is -0.251. The van der Waals surface area contributed by atoms with Crippen LogP contribution < -0.4 is 19.7 Å². The smallest absolute Gasteiger partial charge is 0.251 e. The van der Waals surface area contributed by atoms with Gasteiger partial charge in [0.05, 0.1) is 6.04 Å². The number of amides is 2. The Balaban J connectivity index is 1.45. The minimum absolute atomic E-state index is 0.0388. The number of carbonyl (C=O) groups is 2. The van der Waals surface area contributed by atoms with Crippen LogP contribution in [-0.2, 0) is 4.79 Å². The maximum Gasteiger partial charge on any atom is 0.251 e. The van der Waals surface area contributed by atoms with Gasteiger partial charge in [-0.25, -0.2) is 0 Å². The number of halogens is 1. The van der Waals surface area contributed by atoms with Crippen LogP contribution in [0.15, 0.2) is 42.5 Å². The zero-order valence-corrected chi connectivity index (χ0v) is 14.7. The Kier molecular flexibility index (Phi) is 4.42. The Labute approximate surface area is 155 Å². The fourth-order valence-electron chi connectivity index (χ4n) is 3.12. The van der Waals surface area contributed by atoms with Gasteiger partial charge < -0.3 is 19.7 Å². The molecule has 0 aromatic heterocycles. The highest BCUT2D eigenvalue weighted by molar-refractivity contribution is 6.30. The quantitative estimate of drug-likeness (QED) is 0.899. The fraction of sp³-hybridized carbons (Fsp3) is 0.263. The van der Waals surface area contributed by atoms with E-state index in [0.29, 0.717) is 41.8 Å². The van der Waals surface area contributed by atoms with Crippen molar-refractivity contribution in [2.24, 2.45) is 0 Å². The SMILES string of the molecule is O=C(N[C@@H]1CC(=O)N(c2ccc3c(c2)OCCO3)C1)c1ccc(Cl)cc1. The van der Waals surface area contributed by atoms with E-state index in [2.05, 4.69) is 5.32 Å². The van der Waals surface area contributed by atoms with Crippen molar-refractivity contribution < 1.29 is 19.1 Å². The molecule has 1 N–H and O–H groups in total. The summed E-state index contributed by atoms with van der Waals surface area (Å²) >= 11 is 5.84. The van der Waals surface area contributed by atoms with Crippen molar-refractivity contribution in [2.45, 2.75) is 12.5 Å². The molecule has 6 nitrogen and oxygen atoms in total. The van der Waals surface area contributed by atoms with E-state index in [0.717, 1.165) is 5.69 Å². The largest absolute Gasteiger partial charge is 0.486 e. The lowest BCUT2D eigenvalue weighted by Crippen LogP contribution is -2.37. The number of benzene rings is 2. The third-order valence-corrected chi connectivity index (χ3v) is 4.66. The van der Waals surface area contributed by atoms with Gasteiger partial charge >= 0.3 is 0 Å². The lowest BCUT2D eigenvalue weighted by molar-refractivity contribution is -0.117. The number of carbonyl (C=O) groups excluding carboxylic acids is 2. The van der Waals surface area contributed by atoms with Crippen molar-refractivity contribution in [3.05, 3.63) is 53.1 Å². The first kappa shape index (κ1) is 16.7. The van der Waals surface area contributed by atoms with Gasteiger partial charge in [0.25, 0.3) is 5.91 Å². The van der Waals surface area contributed by atoms with Crippen molar-refractivity contribution in [3.63, 3.8) is 0 Å². The van der Waals surface area contributed by atoms with Gasteiger partial charge in [0.15, 0.2) is 11.5 Å². The van der Waals surface area contributed by atoms with Crippen molar-refractivity contribution in [2.75, 3.05) is 24.7 Å². The molecule has 0 unspecified atom stereocenters. The van der Waals surface area contributed by atoms with Crippen LogP contribution in [0.3, 0.4) is 0 Å². The standard InChI is InChI=1S/C19H17ClN2O4/c20-13-3-1-12(2-4-13)19(24)21-14-9-18(23)22(11-14)15-5-6-16-17(10-15)26-8-7-25-16/h1-6,10,14H,7-9,11H2,(H,21,24)/t14-/m1/s1. The molecule has 1 atom stereocenters. The number of nitrogens with zero attached hydrogens (tertiary/aromatic N) is 1. The Morgan fingerprint density at radius 3 is 2.58 bits per heavy atom. The third-order valence-electron chi connectivity index (χ3n) is 4.40. The Hall–Kier alpha value is -2.73. The second-order valence-corrected chi connectivity index (χ2v) is 6.65. The molecule has 7 heteroatoms. The second-order valence-electron chi connectivity index (χ2n) is 6.21. The molecular weight excluding hydrogens is 356 g/mol. The van der Waals surface area contributed by atoms with E-state index in [1.54, 1.807) is 41.3 Å². The average Bonchev–Trinajstić information content (AvgIpc) is 3.02. The van der Waals surface area contributed by atoms with E-state index >= 15 is 0 Å². The first-order valence-corrected chi connectivity index (χ1v) is 8.74. The number of rotatable bonds is 3. The molecule has 0 radical (unpaired) electrons. The summed E-state index contributed by atoms with van der Waals surface area (Å²) in [6, 6.07) is 11.8. The molecule has 1 fully saturated rings. The molecule has 2 amide bonds. The van der Waals surface area contributed by atoms with Gasteiger partial charge in [0.1, 0.15) is 13.2 Å². The highest BCUT2D eigenvalue weighted by Gasteiger charge is 2.32. The molecule has 1 saturated heterocycles. The molecule has 2 aromatic carbocycles. The van der Waals surface area contributed by atoms with Crippen molar-refractivity contribution in [1.82, 2.24) is 5.32 Å². The minimum Gasteiger partial charge on any atom is -0.486 e. The number of nitrogens with one attached hydrogen (secondary N) is 1. The van der Waals surface area contributed by atoms with Gasteiger partial charge in [-0.05, 0) is 36.4 Å². The average molecular weight is 373 g/mol. The lowest BCUT2D eigenvalue weighted by atomic mass is 10.2. The Morgan fingerprint density at radius 1 is 1.08 bits per heavy atom. The summed E-state index contributed by atoms with van der Waals surface area (Å²) in [6.07, 6.45) is 0.258. The molecule has 2 aromatic rings. The van der Waals surface area contributed by atoms with Crippen LogP contribution in [-0.4, -0.2) is 37.6 Å². The third kappa shape index (κ3) is 3.32. The van der Waals surface area contributed by atoms with Crippen LogP contribution in [0, 0.1) is 0 Å². The molecule has 2 aliphatic rings. The number of fused-ring (bicyclic) bond motifs is 1. The second kappa shape index (κ2) is 6.88. The molecule has 2 heterocycles. The van der Waals surface area contributed by atoms with E-state index in [4.69, 9.17) is 21.1 Å². The van der Waals surface area contributed by atoms with Crippen LogP contribution in [0.1, 0.15) is 16.8 Å². The van der Waals surface area contributed by atoms with E-state index in [-0.39, 0.29) is 24.3 Å². The number of anilines is 1. The van der Waals surface area contributed by atoms with Crippen molar-refractivity contribution >= 4 is 29.1 Å². The van der Waals surface area contributed by atoms with Crippen LogP contribution in [0.5, 0.6) is 11.5 Å². The molecule has 0 bridgehead atoms. The normalized spacial score (nSPS) is 18.7. The molecule has 26 heavy (non-hydrogen) atoms. The molecule has 2 aliphatic heterocycles. The summed E-state index contributed by atoms with van der Waals surface area (Å²) in [7, 11) is 0. The van der Waals surface area contributed by atoms with Crippen molar-refractivity contribution in [1.29, 1.82) is 0 Å². The maximum absolute atomic E-state index is 12.4. The zero-order chi connectivity index (χ0) is 18.1. The monoisotopic (exact) mass is 372 g/mol. The zero-order valence-electron chi connectivity index (χ0n) is 13.9. The van der Waals surface area contributed by atoms with Crippen LogP contribution >= 0.6 is 11.6 Å². The van der Waals surface area contributed by atoms with Gasteiger partial charge in [-0.15, -0.1) is 0 Å². The number of hydrogen-bond donors (Lipinski definition) is 1. The van der Waals surface area contributed by atoms with E-state index in [9.17, 15) is 9.59 Å². The predicted molar refractivity (Wildman–Crippen MR) is 97.1 cm³/mol. The Bertz CT molecular complexity index is 853. The predicted octanol–water partition coefficient (Wildman–Crippen LogP) is 2.65. The Morgan fingerprint density at radius 2 is 1.81 bits per heavy atom. The summed E-state index contributed by atoms with van der Waals surface area (Å²) in [5.41, 5.74) is 1.25. The molecular formula is C19H17ClN2O4. The highest BCUT2D eigenvalue weighted by atomic mass is 35.5. The number of ether oxygens (including phenoxy) is 2. The summed E-state index contributed by atoms with van der Waals surface area (Å²) in [5.74, 6) is 1.06. The van der Waals surface area contributed by atoms with Gasteiger partial charge in [-0.2, -0.15) is 0 Å². The maximum atomic E-state index is 12.4. The van der Waals surface area contributed by atoms with Crippen LogP contribution in [0.2, 0.25) is 5.02 Å². The van der Waals surface area contributed by atoms with Gasteiger partial charge in [0.2, 0.25) is 5.91 Å². The topological polar surface area (TPSA) is 67.9 Å². The summed E-state index contributed by atoms with van der Waals surface area (Å²) < 4.78 is 11.1. The van der Waals surface area contributed by atoms with Crippen LogP contribution in [0.4, 0.5) is 5.69 Å². The fourth-order valence-corrected chi connectivity index (χ4v) is 3.25. The first-order chi connectivity index (χ1) is 12.6. The lowest BCUT2D eigenvalue weighted by Gasteiger charge is -2.22. The first-order valence-electron chi connectivity index (χ1n) is 8.36. The van der Waals surface area contributed by atoms with E-state index < -0.39 is 0 Å². The van der Waals surface area contributed by atoms with E-state index in [1.807, 2.05) is 6.07 Å². The molecule has 134 valence electrons. The summed E-state index contributed by atoms with van der Waals surface area (Å²) in [5, 5.41) is 3.48. The summed E-state index contributed by atoms with van der Waals surface area (Å²) in [6.45, 7) is 1.43. The van der Waals surface area contributed by atoms with E-state index in [1.165, 1.54) is 0 Å². The summed E-state index contributed by atoms with van der Waals surface area (Å²) in [4.78, 5) is 26.4. The highest BCUT2D eigenvalue weighted by Crippen LogP contribution is 2.35. The van der Waals surface area contributed by atoms with Crippen LogP contribution in [0.25, 0.3) is 0 Å². The van der Waals surface area contributed by atoms with Crippen molar-refractivity contribution in [3.8, 4) is 11.5 Å². The molecule has 4 rings (SSSR count). The number of hydrogen-bond acceptors (Lipinski definition) is 4. The van der Waals surface area contributed by atoms with Gasteiger partial charge in [0, 0.05) is 35.3 Å². The van der Waals surface area contributed by atoms with Gasteiger partial charge in [-0.3, -0.25) is 9.59 Å². The molecule has 0 saturated carbocycles. The molecule has 0 spiro atoms.